The zero-order valence-corrected chi connectivity index (χ0v) is 16.5. The third-order valence-corrected chi connectivity index (χ3v) is 5.60. The van der Waals surface area contributed by atoms with Crippen molar-refractivity contribution in [3.05, 3.63) is 40.9 Å². The van der Waals surface area contributed by atoms with Crippen LogP contribution in [0.3, 0.4) is 0 Å². The van der Waals surface area contributed by atoms with Gasteiger partial charge in [-0.25, -0.2) is 5.01 Å². The van der Waals surface area contributed by atoms with E-state index in [4.69, 9.17) is 11.6 Å². The summed E-state index contributed by atoms with van der Waals surface area (Å²) >= 11 is 5.93. The molecule has 2 unspecified atom stereocenters. The molecule has 0 saturated carbocycles. The number of halogens is 1. The first-order valence-corrected chi connectivity index (χ1v) is 10.0. The maximum atomic E-state index is 12.3. The van der Waals surface area contributed by atoms with Gasteiger partial charge in [-0.3, -0.25) is 15.0 Å². The molecule has 0 radical (unpaired) electrons. The third kappa shape index (κ3) is 5.47. The van der Waals surface area contributed by atoms with Gasteiger partial charge in [0.05, 0.1) is 31.4 Å². The van der Waals surface area contributed by atoms with E-state index >= 15 is 0 Å². The Kier molecular flexibility index (Phi) is 6.74. The van der Waals surface area contributed by atoms with Crippen LogP contribution in [0.1, 0.15) is 38.2 Å². The fourth-order valence-corrected chi connectivity index (χ4v) is 3.80. The quantitative estimate of drug-likeness (QED) is 0.677. The van der Waals surface area contributed by atoms with Gasteiger partial charge in [-0.15, -0.1) is 0 Å². The Morgan fingerprint density at radius 3 is 2.85 bits per heavy atom. The highest BCUT2D eigenvalue weighted by Crippen LogP contribution is 2.19. The summed E-state index contributed by atoms with van der Waals surface area (Å²) in [7, 11) is 0. The van der Waals surface area contributed by atoms with E-state index in [2.05, 4.69) is 17.7 Å². The summed E-state index contributed by atoms with van der Waals surface area (Å²) in [5.41, 5.74) is 4.79. The van der Waals surface area contributed by atoms with Gasteiger partial charge in [0.15, 0.2) is 0 Å². The molecular weight excluding hydrogens is 364 g/mol. The van der Waals surface area contributed by atoms with Gasteiger partial charge in [-0.2, -0.15) is 0 Å². The highest BCUT2D eigenvalue weighted by atomic mass is 35.5. The van der Waals surface area contributed by atoms with Crippen LogP contribution < -0.4 is 15.6 Å². The Morgan fingerprint density at radius 2 is 2.11 bits per heavy atom. The van der Waals surface area contributed by atoms with Gasteiger partial charge in [0.25, 0.3) is 0 Å². The van der Waals surface area contributed by atoms with Crippen molar-refractivity contribution in [2.45, 2.75) is 38.6 Å². The Balaban J connectivity index is 1.47. The van der Waals surface area contributed by atoms with Gasteiger partial charge in [0.1, 0.15) is 6.54 Å². The fraction of sp³-hybridized carbons (Fsp3) is 0.500. The monoisotopic (exact) mass is 391 g/mol. The van der Waals surface area contributed by atoms with Crippen molar-refractivity contribution in [2.75, 3.05) is 26.2 Å². The first-order valence-electron chi connectivity index (χ1n) is 9.67. The van der Waals surface area contributed by atoms with Crippen LogP contribution in [0.5, 0.6) is 0 Å². The van der Waals surface area contributed by atoms with Gasteiger partial charge in [0, 0.05) is 11.4 Å². The van der Waals surface area contributed by atoms with Crippen LogP contribution >= 0.6 is 11.6 Å². The number of carbonyl (C=O) groups excluding carboxylic acids is 2. The third-order valence-electron chi connectivity index (χ3n) is 5.34. The molecule has 0 aromatic heterocycles. The number of piperidine rings is 1. The number of nitrogens with zero attached hydrogens (tertiary/aromatic N) is 1. The Bertz CT molecular complexity index is 704. The molecule has 1 aromatic rings. The van der Waals surface area contributed by atoms with Crippen molar-refractivity contribution in [3.8, 4) is 0 Å². The molecule has 2 amide bonds. The smallest absolute Gasteiger partial charge is 0.245 e. The normalized spacial score (nSPS) is 22.8. The van der Waals surface area contributed by atoms with Crippen molar-refractivity contribution < 1.29 is 14.5 Å². The molecule has 0 aliphatic carbocycles. The van der Waals surface area contributed by atoms with Crippen molar-refractivity contribution in [3.63, 3.8) is 0 Å². The van der Waals surface area contributed by atoms with E-state index in [1.54, 1.807) is 17.0 Å². The summed E-state index contributed by atoms with van der Waals surface area (Å²) < 4.78 is 0. The van der Waals surface area contributed by atoms with Crippen molar-refractivity contribution in [2.24, 2.45) is 0 Å². The molecule has 7 heteroatoms. The van der Waals surface area contributed by atoms with E-state index in [-0.39, 0.29) is 24.8 Å². The number of likely N-dealkylation sites (tertiary alicyclic amines) is 1. The van der Waals surface area contributed by atoms with Gasteiger partial charge in [-0.05, 0) is 50.0 Å². The summed E-state index contributed by atoms with van der Waals surface area (Å²) in [5.74, 6) is -0.254. The molecule has 27 heavy (non-hydrogen) atoms. The SMILES string of the molecule is CC1CCCC[NH+]1CCNC(=O)CN1NC(c2ccc(Cl)cc2)=CCC1=O. The van der Waals surface area contributed by atoms with E-state index in [0.29, 0.717) is 17.6 Å². The summed E-state index contributed by atoms with van der Waals surface area (Å²) in [5, 5.41) is 4.99. The summed E-state index contributed by atoms with van der Waals surface area (Å²) in [6.45, 7) is 5.04. The molecule has 3 N–H and O–H groups in total. The highest BCUT2D eigenvalue weighted by molar-refractivity contribution is 6.30. The first kappa shape index (κ1) is 19.7. The number of benzene rings is 1. The van der Waals surface area contributed by atoms with Crippen LogP contribution in [-0.4, -0.2) is 49.0 Å². The number of nitrogens with one attached hydrogen (secondary N) is 3. The standard InChI is InChI=1S/C20H27ClN4O2/c1-15-4-2-3-12-24(15)13-11-22-19(26)14-25-20(27)10-9-18(23-25)16-5-7-17(21)8-6-16/h5-9,15,23H,2-4,10-14H2,1H3,(H,22,26)/p+1. The van der Waals surface area contributed by atoms with Crippen LogP contribution in [0.2, 0.25) is 5.02 Å². The van der Waals surface area contributed by atoms with E-state index in [1.807, 2.05) is 18.2 Å². The topological polar surface area (TPSA) is 65.9 Å². The molecule has 1 saturated heterocycles. The molecule has 3 rings (SSSR count). The average Bonchev–Trinajstić information content (AvgIpc) is 2.66. The van der Waals surface area contributed by atoms with E-state index in [0.717, 1.165) is 17.8 Å². The molecular formula is C20H28ClN4O2+. The summed E-state index contributed by atoms with van der Waals surface area (Å²) in [6.07, 6.45) is 5.94. The predicted molar refractivity (Wildman–Crippen MR) is 106 cm³/mol. The second-order valence-electron chi connectivity index (χ2n) is 7.33. The Morgan fingerprint density at radius 1 is 1.33 bits per heavy atom. The van der Waals surface area contributed by atoms with Crippen LogP contribution in [0.4, 0.5) is 0 Å². The van der Waals surface area contributed by atoms with Crippen LogP contribution in [-0.2, 0) is 9.59 Å². The lowest BCUT2D eigenvalue weighted by molar-refractivity contribution is -0.927. The lowest BCUT2D eigenvalue weighted by atomic mass is 10.0. The zero-order chi connectivity index (χ0) is 19.2. The Hall–Kier alpha value is -2.05. The molecule has 1 aromatic carbocycles. The minimum Gasteiger partial charge on any atom is -0.349 e. The number of quaternary nitrogens is 1. The Labute approximate surface area is 165 Å². The molecule has 2 atom stereocenters. The number of amides is 2. The van der Waals surface area contributed by atoms with Crippen molar-refractivity contribution in [1.82, 2.24) is 15.8 Å². The second kappa shape index (κ2) is 9.24. The van der Waals surface area contributed by atoms with Crippen LogP contribution in [0.15, 0.2) is 30.3 Å². The fourth-order valence-electron chi connectivity index (χ4n) is 3.68. The molecule has 1 fully saturated rings. The zero-order valence-electron chi connectivity index (χ0n) is 15.8. The largest absolute Gasteiger partial charge is 0.349 e. The molecule has 6 nitrogen and oxygen atoms in total. The van der Waals surface area contributed by atoms with E-state index < -0.39 is 0 Å². The lowest BCUT2D eigenvalue weighted by Gasteiger charge is -2.31. The highest BCUT2D eigenvalue weighted by Gasteiger charge is 2.23. The molecule has 0 bridgehead atoms. The second-order valence-corrected chi connectivity index (χ2v) is 7.76. The van der Waals surface area contributed by atoms with Crippen molar-refractivity contribution in [1.29, 1.82) is 0 Å². The van der Waals surface area contributed by atoms with Gasteiger partial charge >= 0.3 is 0 Å². The molecule has 2 aliphatic heterocycles. The number of rotatable bonds is 6. The van der Waals surface area contributed by atoms with Crippen LogP contribution in [0.25, 0.3) is 5.70 Å². The molecule has 2 heterocycles. The van der Waals surface area contributed by atoms with E-state index in [9.17, 15) is 9.59 Å². The summed E-state index contributed by atoms with van der Waals surface area (Å²) in [6, 6.07) is 8.04. The number of carbonyl (C=O) groups is 2. The van der Waals surface area contributed by atoms with E-state index in [1.165, 1.54) is 30.8 Å². The number of hydrogen-bond acceptors (Lipinski definition) is 3. The first-order chi connectivity index (χ1) is 13.0. The van der Waals surface area contributed by atoms with Crippen molar-refractivity contribution >= 4 is 29.1 Å². The van der Waals surface area contributed by atoms with Gasteiger partial charge < -0.3 is 10.2 Å². The minimum atomic E-state index is -0.141. The average molecular weight is 392 g/mol. The molecule has 146 valence electrons. The summed E-state index contributed by atoms with van der Waals surface area (Å²) in [4.78, 5) is 26.0. The number of hydrogen-bond donors (Lipinski definition) is 3. The minimum absolute atomic E-state index is 0.00858. The molecule has 2 aliphatic rings. The van der Waals surface area contributed by atoms with Crippen LogP contribution in [0, 0.1) is 0 Å². The van der Waals surface area contributed by atoms with Gasteiger partial charge in [-0.1, -0.05) is 23.7 Å². The maximum Gasteiger partial charge on any atom is 0.245 e. The maximum absolute atomic E-state index is 12.3. The van der Waals surface area contributed by atoms with Gasteiger partial charge in [0.2, 0.25) is 11.8 Å². The lowest BCUT2D eigenvalue weighted by Crippen LogP contribution is -3.16. The predicted octanol–water partition coefficient (Wildman–Crippen LogP) is 0.991. The molecule has 0 spiro atoms. The number of hydrazine groups is 1.